The van der Waals surface area contributed by atoms with Gasteiger partial charge in [0.1, 0.15) is 5.41 Å². The van der Waals surface area contributed by atoms with Gasteiger partial charge in [0.05, 0.1) is 5.56 Å². The number of carbonyl (C=O) groups excluding carboxylic acids is 2. The number of carbonyl (C=O) groups is 2. The van der Waals surface area contributed by atoms with Gasteiger partial charge in [-0.2, -0.15) is 13.2 Å². The first-order valence-electron chi connectivity index (χ1n) is 8.43. The van der Waals surface area contributed by atoms with Gasteiger partial charge >= 0.3 is 6.18 Å². The first kappa shape index (κ1) is 20.5. The van der Waals surface area contributed by atoms with Crippen LogP contribution >= 0.6 is 0 Å². The molecule has 0 saturated carbocycles. The van der Waals surface area contributed by atoms with E-state index in [1.165, 1.54) is 18.7 Å². The highest BCUT2D eigenvalue weighted by Gasteiger charge is 2.39. The van der Waals surface area contributed by atoms with Crippen LogP contribution in [0.3, 0.4) is 0 Å². The quantitative estimate of drug-likeness (QED) is 0.765. The molecule has 0 aliphatic heterocycles. The molecule has 0 radical (unpaired) electrons. The minimum absolute atomic E-state index is 0.191. The Labute approximate surface area is 156 Å². The number of benzene rings is 2. The number of rotatable bonds is 5. The molecule has 0 unspecified atom stereocenters. The van der Waals surface area contributed by atoms with Crippen molar-refractivity contribution in [3.63, 3.8) is 0 Å². The molecule has 1 N–H and O–H groups in total. The maximum atomic E-state index is 12.9. The summed E-state index contributed by atoms with van der Waals surface area (Å²) < 4.78 is 37.9. The summed E-state index contributed by atoms with van der Waals surface area (Å²) in [5, 5.41) is 2.52. The molecule has 0 spiro atoms. The molecule has 0 fully saturated rings. The van der Waals surface area contributed by atoms with E-state index < -0.39 is 29.0 Å². The van der Waals surface area contributed by atoms with E-state index in [4.69, 9.17) is 0 Å². The van der Waals surface area contributed by atoms with Crippen molar-refractivity contribution >= 4 is 23.2 Å². The molecule has 0 saturated heterocycles. The van der Waals surface area contributed by atoms with E-state index in [0.29, 0.717) is 12.2 Å². The number of amides is 2. The lowest BCUT2D eigenvalue weighted by molar-refractivity contribution is -0.138. The van der Waals surface area contributed by atoms with Gasteiger partial charge in [-0.05, 0) is 57.2 Å². The summed E-state index contributed by atoms with van der Waals surface area (Å²) in [5.41, 5.74) is -1.36. The van der Waals surface area contributed by atoms with Crippen LogP contribution in [0.4, 0.5) is 24.5 Å². The fraction of sp³-hybridized carbons (Fsp3) is 0.300. The van der Waals surface area contributed by atoms with Crippen LogP contribution in [0.1, 0.15) is 26.3 Å². The molecule has 2 rings (SSSR count). The van der Waals surface area contributed by atoms with E-state index in [9.17, 15) is 22.8 Å². The number of nitrogens with zero attached hydrogens (tertiary/aromatic N) is 1. The fourth-order valence-electron chi connectivity index (χ4n) is 2.52. The largest absolute Gasteiger partial charge is 0.416 e. The second-order valence-electron chi connectivity index (χ2n) is 6.54. The predicted octanol–water partition coefficient (Wildman–Crippen LogP) is 4.72. The zero-order chi connectivity index (χ0) is 20.2. The van der Waals surface area contributed by atoms with Crippen molar-refractivity contribution < 1.29 is 22.8 Å². The molecular weight excluding hydrogens is 357 g/mol. The van der Waals surface area contributed by atoms with Crippen LogP contribution in [0, 0.1) is 5.41 Å². The molecule has 4 nitrogen and oxygen atoms in total. The van der Waals surface area contributed by atoms with E-state index >= 15 is 0 Å². The second kappa shape index (κ2) is 7.82. The molecule has 144 valence electrons. The predicted molar refractivity (Wildman–Crippen MR) is 98.3 cm³/mol. The van der Waals surface area contributed by atoms with Crippen molar-refractivity contribution in [3.05, 3.63) is 60.2 Å². The Morgan fingerprint density at radius 2 is 1.52 bits per heavy atom. The van der Waals surface area contributed by atoms with Gasteiger partial charge in [-0.3, -0.25) is 9.59 Å². The number of hydrogen-bond acceptors (Lipinski definition) is 2. The second-order valence-corrected chi connectivity index (χ2v) is 6.54. The average Bonchev–Trinajstić information content (AvgIpc) is 2.62. The average molecular weight is 378 g/mol. The van der Waals surface area contributed by atoms with Gasteiger partial charge in [0.25, 0.3) is 0 Å². The minimum Gasteiger partial charge on any atom is -0.325 e. The van der Waals surface area contributed by atoms with Crippen LogP contribution in [0.5, 0.6) is 0 Å². The number of anilines is 2. The summed E-state index contributed by atoms with van der Waals surface area (Å²) in [6.07, 6.45) is -4.45. The Morgan fingerprint density at radius 1 is 0.963 bits per heavy atom. The first-order valence-corrected chi connectivity index (χ1v) is 8.43. The summed E-state index contributed by atoms with van der Waals surface area (Å²) in [7, 11) is 0. The molecule has 0 heterocycles. The van der Waals surface area contributed by atoms with Crippen molar-refractivity contribution in [2.45, 2.75) is 26.9 Å². The van der Waals surface area contributed by atoms with Crippen molar-refractivity contribution in [3.8, 4) is 0 Å². The van der Waals surface area contributed by atoms with Gasteiger partial charge in [-0.25, -0.2) is 0 Å². The molecule has 7 heteroatoms. The smallest absolute Gasteiger partial charge is 0.325 e. The third-order valence-corrected chi connectivity index (χ3v) is 4.20. The SMILES string of the molecule is CCN(C(=O)C(C)(C)C(=O)Nc1ccc(C(F)(F)F)cc1)c1ccccc1. The molecule has 2 aromatic carbocycles. The summed E-state index contributed by atoms with van der Waals surface area (Å²) in [5.74, 6) is -0.998. The molecular formula is C20H21F3N2O2. The highest BCUT2D eigenvalue weighted by Crippen LogP contribution is 2.30. The van der Waals surface area contributed by atoms with Gasteiger partial charge < -0.3 is 10.2 Å². The van der Waals surface area contributed by atoms with Crippen LogP contribution in [0.25, 0.3) is 0 Å². The van der Waals surface area contributed by atoms with Crippen LogP contribution in [-0.2, 0) is 15.8 Å². The first-order chi connectivity index (χ1) is 12.6. The number of para-hydroxylation sites is 1. The lowest BCUT2D eigenvalue weighted by Crippen LogP contribution is -2.47. The number of halogens is 3. The Balaban J connectivity index is 2.17. The zero-order valence-electron chi connectivity index (χ0n) is 15.3. The Kier molecular flexibility index (Phi) is 5.93. The molecule has 2 amide bonds. The summed E-state index contributed by atoms with van der Waals surface area (Å²) in [6, 6.07) is 13.0. The van der Waals surface area contributed by atoms with Gasteiger partial charge in [0.2, 0.25) is 11.8 Å². The number of alkyl halides is 3. The lowest BCUT2D eigenvalue weighted by Gasteiger charge is -2.30. The van der Waals surface area contributed by atoms with Gasteiger partial charge in [-0.15, -0.1) is 0 Å². The lowest BCUT2D eigenvalue weighted by atomic mass is 9.89. The summed E-state index contributed by atoms with van der Waals surface area (Å²) in [6.45, 7) is 5.15. The third kappa shape index (κ3) is 4.67. The van der Waals surface area contributed by atoms with Crippen LogP contribution in [0.2, 0.25) is 0 Å². The minimum atomic E-state index is -4.45. The van der Waals surface area contributed by atoms with Crippen molar-refractivity contribution in [2.75, 3.05) is 16.8 Å². The molecule has 0 atom stereocenters. The zero-order valence-corrected chi connectivity index (χ0v) is 15.3. The molecule has 27 heavy (non-hydrogen) atoms. The van der Waals surface area contributed by atoms with Crippen LogP contribution in [0.15, 0.2) is 54.6 Å². The number of nitrogens with one attached hydrogen (secondary N) is 1. The monoisotopic (exact) mass is 378 g/mol. The van der Waals surface area contributed by atoms with Gasteiger partial charge in [0.15, 0.2) is 0 Å². The Hall–Kier alpha value is -2.83. The van der Waals surface area contributed by atoms with Crippen molar-refractivity contribution in [1.29, 1.82) is 0 Å². The maximum absolute atomic E-state index is 12.9. The molecule has 2 aromatic rings. The van der Waals surface area contributed by atoms with E-state index in [1.54, 1.807) is 31.2 Å². The Bertz CT molecular complexity index is 800. The maximum Gasteiger partial charge on any atom is 0.416 e. The third-order valence-electron chi connectivity index (χ3n) is 4.20. The molecule has 0 bridgehead atoms. The van der Waals surface area contributed by atoms with Crippen molar-refractivity contribution in [2.24, 2.45) is 5.41 Å². The highest BCUT2D eigenvalue weighted by atomic mass is 19.4. The van der Waals surface area contributed by atoms with E-state index in [1.807, 2.05) is 6.07 Å². The summed E-state index contributed by atoms with van der Waals surface area (Å²) in [4.78, 5) is 27.1. The van der Waals surface area contributed by atoms with E-state index in [2.05, 4.69) is 5.32 Å². The van der Waals surface area contributed by atoms with Crippen molar-refractivity contribution in [1.82, 2.24) is 0 Å². The van der Waals surface area contributed by atoms with Gasteiger partial charge in [-0.1, -0.05) is 18.2 Å². The Morgan fingerprint density at radius 3 is 2.00 bits per heavy atom. The van der Waals surface area contributed by atoms with Gasteiger partial charge in [0, 0.05) is 17.9 Å². The van der Waals surface area contributed by atoms with E-state index in [-0.39, 0.29) is 5.69 Å². The van der Waals surface area contributed by atoms with Crippen LogP contribution in [-0.4, -0.2) is 18.4 Å². The van der Waals surface area contributed by atoms with Crippen LogP contribution < -0.4 is 10.2 Å². The number of hydrogen-bond donors (Lipinski definition) is 1. The molecule has 0 aliphatic rings. The normalized spacial score (nSPS) is 11.8. The highest BCUT2D eigenvalue weighted by molar-refractivity contribution is 6.14. The summed E-state index contributed by atoms with van der Waals surface area (Å²) >= 11 is 0. The molecule has 0 aromatic heterocycles. The van der Waals surface area contributed by atoms with E-state index in [0.717, 1.165) is 24.3 Å². The standard InChI is InChI=1S/C20H21F3N2O2/c1-4-25(16-8-6-5-7-9-16)18(27)19(2,3)17(26)24-15-12-10-14(11-13-15)20(21,22)23/h5-13H,4H2,1-3H3,(H,24,26). The topological polar surface area (TPSA) is 49.4 Å². The fourth-order valence-corrected chi connectivity index (χ4v) is 2.52. The molecule has 0 aliphatic carbocycles.